The van der Waals surface area contributed by atoms with Crippen molar-refractivity contribution in [1.82, 2.24) is 9.38 Å². The molecule has 3 rings (SSSR count). The first-order valence-electron chi connectivity index (χ1n) is 6.47. The first-order chi connectivity index (χ1) is 10.0. The van der Waals surface area contributed by atoms with Crippen molar-refractivity contribution < 1.29 is 4.79 Å². The van der Waals surface area contributed by atoms with Crippen LogP contribution in [0.25, 0.3) is 11.0 Å². The largest absolute Gasteiger partial charge is 0.290 e. The van der Waals surface area contributed by atoms with Crippen LogP contribution in [0.15, 0.2) is 36.5 Å². The van der Waals surface area contributed by atoms with Gasteiger partial charge in [-0.3, -0.25) is 9.20 Å². The van der Waals surface area contributed by atoms with Crippen molar-refractivity contribution in [2.75, 3.05) is 0 Å². The number of hydrogen-bond acceptors (Lipinski definition) is 3. The van der Waals surface area contributed by atoms with Gasteiger partial charge in [0.05, 0.1) is 11.4 Å². The second-order valence-corrected chi connectivity index (χ2v) is 7.24. The standard InChI is InChI=1S/C16H13IN2OS/c1-10-9-19-14(11(2)18-16(19)21-10)7-8-15(20)12-3-5-13(17)6-4-12/h3-9H,1-2H3/b8-7+. The molecule has 1 aromatic carbocycles. The fourth-order valence-electron chi connectivity index (χ4n) is 2.15. The number of imidazole rings is 1. The molecule has 21 heavy (non-hydrogen) atoms. The number of rotatable bonds is 3. The highest BCUT2D eigenvalue weighted by Crippen LogP contribution is 2.21. The molecular weight excluding hydrogens is 395 g/mol. The van der Waals surface area contributed by atoms with E-state index in [1.807, 2.05) is 41.7 Å². The number of carbonyl (C=O) groups is 1. The van der Waals surface area contributed by atoms with Gasteiger partial charge in [0.1, 0.15) is 0 Å². The summed E-state index contributed by atoms with van der Waals surface area (Å²) in [5, 5.41) is 0. The molecule has 0 bridgehead atoms. The third kappa shape index (κ3) is 2.94. The van der Waals surface area contributed by atoms with Gasteiger partial charge in [-0.1, -0.05) is 12.1 Å². The molecule has 0 spiro atoms. The SMILES string of the molecule is Cc1cn2c(/C=C/C(=O)c3ccc(I)cc3)c(C)nc2s1. The number of thiazole rings is 1. The number of ketones is 1. The first kappa shape index (κ1) is 14.5. The molecule has 0 fully saturated rings. The molecule has 2 aromatic heterocycles. The van der Waals surface area contributed by atoms with Crippen LogP contribution in [0.2, 0.25) is 0 Å². The van der Waals surface area contributed by atoms with E-state index in [2.05, 4.69) is 40.7 Å². The minimum Gasteiger partial charge on any atom is -0.290 e. The minimum absolute atomic E-state index is 0.00713. The zero-order valence-corrected chi connectivity index (χ0v) is 14.6. The summed E-state index contributed by atoms with van der Waals surface area (Å²) < 4.78 is 3.16. The van der Waals surface area contributed by atoms with E-state index in [1.54, 1.807) is 17.4 Å². The molecule has 106 valence electrons. The van der Waals surface area contributed by atoms with E-state index >= 15 is 0 Å². The van der Waals surface area contributed by atoms with Crippen LogP contribution in [0.5, 0.6) is 0 Å². The quantitative estimate of drug-likeness (QED) is 0.363. The van der Waals surface area contributed by atoms with Gasteiger partial charge >= 0.3 is 0 Å². The maximum atomic E-state index is 12.2. The highest BCUT2D eigenvalue weighted by molar-refractivity contribution is 14.1. The van der Waals surface area contributed by atoms with Crippen molar-refractivity contribution in [2.24, 2.45) is 0 Å². The average molecular weight is 408 g/mol. The van der Waals surface area contributed by atoms with Crippen LogP contribution in [0.3, 0.4) is 0 Å². The number of nitrogens with zero attached hydrogens (tertiary/aromatic N) is 2. The number of hydrogen-bond donors (Lipinski definition) is 0. The normalized spacial score (nSPS) is 11.6. The van der Waals surface area contributed by atoms with Crippen molar-refractivity contribution in [2.45, 2.75) is 13.8 Å². The van der Waals surface area contributed by atoms with Crippen LogP contribution in [-0.2, 0) is 0 Å². The monoisotopic (exact) mass is 408 g/mol. The van der Waals surface area contributed by atoms with Gasteiger partial charge in [0.25, 0.3) is 0 Å². The average Bonchev–Trinajstić information content (AvgIpc) is 2.92. The van der Waals surface area contributed by atoms with Crippen LogP contribution >= 0.6 is 33.9 Å². The van der Waals surface area contributed by atoms with E-state index in [0.717, 1.165) is 19.9 Å². The lowest BCUT2D eigenvalue weighted by molar-refractivity contribution is 0.104. The highest BCUT2D eigenvalue weighted by atomic mass is 127. The number of halogens is 1. The van der Waals surface area contributed by atoms with E-state index in [9.17, 15) is 4.79 Å². The zero-order valence-electron chi connectivity index (χ0n) is 11.6. The van der Waals surface area contributed by atoms with Gasteiger partial charge in [-0.2, -0.15) is 0 Å². The Morgan fingerprint density at radius 3 is 2.71 bits per heavy atom. The van der Waals surface area contributed by atoms with E-state index in [-0.39, 0.29) is 5.78 Å². The molecule has 2 heterocycles. The van der Waals surface area contributed by atoms with E-state index in [1.165, 1.54) is 4.88 Å². The number of aromatic nitrogens is 2. The molecule has 0 saturated carbocycles. The topological polar surface area (TPSA) is 34.4 Å². The lowest BCUT2D eigenvalue weighted by atomic mass is 10.1. The van der Waals surface area contributed by atoms with Crippen LogP contribution in [-0.4, -0.2) is 15.2 Å². The molecular formula is C16H13IN2OS. The molecule has 3 nitrogen and oxygen atoms in total. The number of allylic oxidation sites excluding steroid dienone is 1. The Morgan fingerprint density at radius 2 is 2.00 bits per heavy atom. The Bertz CT molecular complexity index is 843. The number of benzene rings is 1. The number of fused-ring (bicyclic) bond motifs is 1. The summed E-state index contributed by atoms with van der Waals surface area (Å²) >= 11 is 3.88. The first-order valence-corrected chi connectivity index (χ1v) is 8.37. The highest BCUT2D eigenvalue weighted by Gasteiger charge is 2.09. The van der Waals surface area contributed by atoms with Crippen LogP contribution < -0.4 is 0 Å². The smallest absolute Gasteiger partial charge is 0.194 e. The molecule has 0 saturated heterocycles. The summed E-state index contributed by atoms with van der Waals surface area (Å²) in [6, 6.07) is 7.57. The van der Waals surface area contributed by atoms with Gasteiger partial charge in [-0.15, -0.1) is 11.3 Å². The molecule has 0 unspecified atom stereocenters. The third-order valence-electron chi connectivity index (χ3n) is 3.18. The Kier molecular flexibility index (Phi) is 3.95. The number of aryl methyl sites for hydroxylation is 2. The Morgan fingerprint density at radius 1 is 1.29 bits per heavy atom. The van der Waals surface area contributed by atoms with E-state index < -0.39 is 0 Å². The molecule has 5 heteroatoms. The Hall–Kier alpha value is -1.47. The molecule has 0 aliphatic rings. The van der Waals surface area contributed by atoms with Gasteiger partial charge in [-0.25, -0.2) is 4.98 Å². The van der Waals surface area contributed by atoms with Crippen LogP contribution in [0, 0.1) is 17.4 Å². The van der Waals surface area contributed by atoms with Gasteiger partial charge in [-0.05, 0) is 60.7 Å². The van der Waals surface area contributed by atoms with Crippen molar-refractivity contribution in [3.63, 3.8) is 0 Å². The molecule has 0 radical (unpaired) electrons. The Balaban J connectivity index is 1.92. The second-order valence-electron chi connectivity index (χ2n) is 4.78. The van der Waals surface area contributed by atoms with Crippen LogP contribution in [0.4, 0.5) is 0 Å². The summed E-state index contributed by atoms with van der Waals surface area (Å²) in [4.78, 5) is 18.9. The summed E-state index contributed by atoms with van der Waals surface area (Å²) in [6.45, 7) is 4.02. The fourth-order valence-corrected chi connectivity index (χ4v) is 3.38. The van der Waals surface area contributed by atoms with E-state index in [4.69, 9.17) is 0 Å². The maximum Gasteiger partial charge on any atom is 0.194 e. The maximum absolute atomic E-state index is 12.2. The van der Waals surface area contributed by atoms with Crippen LogP contribution in [0.1, 0.15) is 26.6 Å². The summed E-state index contributed by atoms with van der Waals surface area (Å²) in [6.07, 6.45) is 5.52. The van der Waals surface area contributed by atoms with Gasteiger partial charge in [0.15, 0.2) is 10.7 Å². The van der Waals surface area contributed by atoms with Crippen molar-refractivity contribution >= 4 is 50.7 Å². The minimum atomic E-state index is 0.00713. The molecule has 0 amide bonds. The van der Waals surface area contributed by atoms with Gasteiger partial charge < -0.3 is 0 Å². The summed E-state index contributed by atoms with van der Waals surface area (Å²) in [5.74, 6) is 0.00713. The molecule has 0 atom stereocenters. The lowest BCUT2D eigenvalue weighted by Crippen LogP contribution is -1.94. The molecule has 3 aromatic rings. The summed E-state index contributed by atoms with van der Waals surface area (Å²) in [5.41, 5.74) is 2.60. The summed E-state index contributed by atoms with van der Waals surface area (Å²) in [7, 11) is 0. The zero-order chi connectivity index (χ0) is 15.0. The number of carbonyl (C=O) groups excluding carboxylic acids is 1. The van der Waals surface area contributed by atoms with Crippen molar-refractivity contribution in [3.05, 3.63) is 61.9 Å². The Labute approximate surface area is 140 Å². The van der Waals surface area contributed by atoms with Gasteiger partial charge in [0, 0.05) is 20.2 Å². The second kappa shape index (κ2) is 5.73. The van der Waals surface area contributed by atoms with Crippen molar-refractivity contribution in [3.8, 4) is 0 Å². The van der Waals surface area contributed by atoms with E-state index in [0.29, 0.717) is 5.56 Å². The predicted octanol–water partition coefficient (Wildman–Crippen LogP) is 4.51. The lowest BCUT2D eigenvalue weighted by Gasteiger charge is -1.97. The molecule has 0 aliphatic carbocycles. The molecule has 0 N–H and O–H groups in total. The van der Waals surface area contributed by atoms with Crippen molar-refractivity contribution in [1.29, 1.82) is 0 Å². The fraction of sp³-hybridized carbons (Fsp3) is 0.125. The predicted molar refractivity (Wildman–Crippen MR) is 95.1 cm³/mol. The third-order valence-corrected chi connectivity index (χ3v) is 4.80. The van der Waals surface area contributed by atoms with Gasteiger partial charge in [0.2, 0.25) is 0 Å². The molecule has 0 aliphatic heterocycles.